The molecule has 0 aliphatic rings. The molecule has 0 aliphatic carbocycles. The second-order valence-corrected chi connectivity index (χ2v) is 6.70. The van der Waals surface area contributed by atoms with Crippen LogP contribution in [0.2, 0.25) is 0 Å². The second kappa shape index (κ2) is 9.72. The third-order valence-electron chi connectivity index (χ3n) is 4.62. The highest BCUT2D eigenvalue weighted by atomic mass is 16.1. The van der Waals surface area contributed by atoms with Crippen LogP contribution in [0.5, 0.6) is 0 Å². The molecule has 1 heterocycles. The number of hydrogen-bond donors (Lipinski definition) is 1. The molecule has 0 saturated carbocycles. The fourth-order valence-electron chi connectivity index (χ4n) is 3.23. The first-order chi connectivity index (χ1) is 13.3. The van der Waals surface area contributed by atoms with E-state index < -0.39 is 0 Å². The third-order valence-corrected chi connectivity index (χ3v) is 4.62. The van der Waals surface area contributed by atoms with Crippen LogP contribution in [0.3, 0.4) is 0 Å². The van der Waals surface area contributed by atoms with Gasteiger partial charge in [0.1, 0.15) is 0 Å². The standard InChI is InChI=1S/C23H27N3O/c1-2-11-22-21(18-25-26(22)20-15-7-4-8-16-20)23(27)24-17-10-9-14-19-12-5-3-6-13-19/h3-8,12-13,15-16,18H,2,9-11,14,17H2,1H3,(H,24,27). The van der Waals surface area contributed by atoms with Gasteiger partial charge in [0.15, 0.2) is 0 Å². The third kappa shape index (κ3) is 5.07. The van der Waals surface area contributed by atoms with Crippen molar-refractivity contribution in [2.75, 3.05) is 6.54 Å². The maximum atomic E-state index is 12.7. The van der Waals surface area contributed by atoms with Crippen LogP contribution >= 0.6 is 0 Å². The zero-order valence-corrected chi connectivity index (χ0v) is 15.9. The van der Waals surface area contributed by atoms with E-state index in [-0.39, 0.29) is 5.91 Å². The van der Waals surface area contributed by atoms with Gasteiger partial charge in [-0.15, -0.1) is 0 Å². The molecule has 0 bridgehead atoms. The first kappa shape index (κ1) is 18.9. The van der Waals surface area contributed by atoms with Gasteiger partial charge in [-0.1, -0.05) is 61.9 Å². The van der Waals surface area contributed by atoms with Crippen molar-refractivity contribution >= 4 is 5.91 Å². The Morgan fingerprint density at radius 1 is 0.963 bits per heavy atom. The molecule has 140 valence electrons. The van der Waals surface area contributed by atoms with Crippen LogP contribution in [0.1, 0.15) is 47.8 Å². The zero-order chi connectivity index (χ0) is 18.9. The molecule has 3 rings (SSSR count). The molecule has 3 aromatic rings. The molecule has 4 heteroatoms. The van der Waals surface area contributed by atoms with Crippen molar-refractivity contribution in [3.05, 3.63) is 83.7 Å². The smallest absolute Gasteiger partial charge is 0.254 e. The molecule has 1 N–H and O–H groups in total. The number of para-hydroxylation sites is 1. The summed E-state index contributed by atoms with van der Waals surface area (Å²) in [5.41, 5.74) is 4.00. The minimum Gasteiger partial charge on any atom is -0.352 e. The van der Waals surface area contributed by atoms with Gasteiger partial charge in [0.05, 0.1) is 23.1 Å². The van der Waals surface area contributed by atoms with Crippen molar-refractivity contribution in [1.29, 1.82) is 0 Å². The maximum absolute atomic E-state index is 12.7. The molecule has 0 unspecified atom stereocenters. The average molecular weight is 361 g/mol. The predicted octanol–water partition coefficient (Wildman–Crippen LogP) is 4.58. The monoisotopic (exact) mass is 361 g/mol. The lowest BCUT2D eigenvalue weighted by Gasteiger charge is -2.09. The number of unbranched alkanes of at least 4 members (excludes halogenated alkanes) is 1. The molecule has 0 fully saturated rings. The van der Waals surface area contributed by atoms with Crippen LogP contribution < -0.4 is 5.32 Å². The van der Waals surface area contributed by atoms with Crippen molar-refractivity contribution < 1.29 is 4.79 Å². The molecule has 0 saturated heterocycles. The Balaban J connectivity index is 1.57. The van der Waals surface area contributed by atoms with Gasteiger partial charge in [-0.3, -0.25) is 4.79 Å². The van der Waals surface area contributed by atoms with Gasteiger partial charge in [0, 0.05) is 6.54 Å². The van der Waals surface area contributed by atoms with Crippen LogP contribution in [0.25, 0.3) is 5.69 Å². The van der Waals surface area contributed by atoms with Crippen molar-refractivity contribution in [2.45, 2.75) is 39.0 Å². The van der Waals surface area contributed by atoms with Crippen molar-refractivity contribution in [1.82, 2.24) is 15.1 Å². The summed E-state index contributed by atoms with van der Waals surface area (Å²) in [5.74, 6) is -0.0275. The van der Waals surface area contributed by atoms with E-state index in [0.29, 0.717) is 12.1 Å². The van der Waals surface area contributed by atoms with Crippen LogP contribution in [-0.2, 0) is 12.8 Å². The normalized spacial score (nSPS) is 10.7. The minimum absolute atomic E-state index is 0.0275. The number of hydrogen-bond acceptors (Lipinski definition) is 2. The first-order valence-corrected chi connectivity index (χ1v) is 9.74. The summed E-state index contributed by atoms with van der Waals surface area (Å²) >= 11 is 0. The molecular weight excluding hydrogens is 334 g/mol. The molecule has 1 aromatic heterocycles. The van der Waals surface area contributed by atoms with E-state index >= 15 is 0 Å². The minimum atomic E-state index is -0.0275. The Morgan fingerprint density at radius 2 is 1.67 bits per heavy atom. The number of benzene rings is 2. The fourth-order valence-corrected chi connectivity index (χ4v) is 3.23. The fraction of sp³-hybridized carbons (Fsp3) is 0.304. The van der Waals surface area contributed by atoms with Gasteiger partial charge >= 0.3 is 0 Å². The van der Waals surface area contributed by atoms with E-state index in [4.69, 9.17) is 0 Å². The second-order valence-electron chi connectivity index (χ2n) is 6.70. The highest BCUT2D eigenvalue weighted by Gasteiger charge is 2.17. The largest absolute Gasteiger partial charge is 0.352 e. The molecular formula is C23H27N3O. The quantitative estimate of drug-likeness (QED) is 0.567. The van der Waals surface area contributed by atoms with Crippen molar-refractivity contribution in [3.8, 4) is 5.69 Å². The molecule has 0 spiro atoms. The summed E-state index contributed by atoms with van der Waals surface area (Å²) in [7, 11) is 0. The topological polar surface area (TPSA) is 46.9 Å². The number of nitrogens with zero attached hydrogens (tertiary/aromatic N) is 2. The molecule has 0 aliphatic heterocycles. The van der Waals surface area contributed by atoms with E-state index in [1.807, 2.05) is 41.1 Å². The lowest BCUT2D eigenvalue weighted by Crippen LogP contribution is -2.25. The number of carbonyl (C=O) groups is 1. The van der Waals surface area contributed by atoms with Crippen LogP contribution in [0.4, 0.5) is 0 Å². The zero-order valence-electron chi connectivity index (χ0n) is 15.9. The van der Waals surface area contributed by atoms with Gasteiger partial charge in [0.25, 0.3) is 5.91 Å². The Morgan fingerprint density at radius 3 is 2.37 bits per heavy atom. The highest BCUT2D eigenvalue weighted by Crippen LogP contribution is 2.17. The van der Waals surface area contributed by atoms with E-state index in [1.54, 1.807) is 6.20 Å². The van der Waals surface area contributed by atoms with E-state index in [1.165, 1.54) is 5.56 Å². The number of nitrogens with one attached hydrogen (secondary N) is 1. The number of aromatic nitrogens is 2. The maximum Gasteiger partial charge on any atom is 0.254 e. The van der Waals surface area contributed by atoms with Crippen LogP contribution in [0.15, 0.2) is 66.9 Å². The molecule has 0 atom stereocenters. The van der Waals surface area contributed by atoms with Gasteiger partial charge in [-0.25, -0.2) is 4.68 Å². The Bertz CT molecular complexity index is 841. The highest BCUT2D eigenvalue weighted by molar-refractivity contribution is 5.95. The SMILES string of the molecule is CCCc1c(C(=O)NCCCCc2ccccc2)cnn1-c1ccccc1. The van der Waals surface area contributed by atoms with E-state index in [2.05, 4.69) is 41.6 Å². The van der Waals surface area contributed by atoms with Gasteiger partial charge in [0.2, 0.25) is 0 Å². The lowest BCUT2D eigenvalue weighted by atomic mass is 10.1. The van der Waals surface area contributed by atoms with E-state index in [9.17, 15) is 4.79 Å². The Labute approximate surface area is 161 Å². The van der Waals surface area contributed by atoms with Crippen molar-refractivity contribution in [3.63, 3.8) is 0 Å². The molecule has 1 amide bonds. The van der Waals surface area contributed by atoms with E-state index in [0.717, 1.165) is 43.5 Å². The molecule has 0 radical (unpaired) electrons. The predicted molar refractivity (Wildman–Crippen MR) is 109 cm³/mol. The summed E-state index contributed by atoms with van der Waals surface area (Å²) in [4.78, 5) is 12.7. The van der Waals surface area contributed by atoms with Crippen LogP contribution in [-0.4, -0.2) is 22.2 Å². The summed E-state index contributed by atoms with van der Waals surface area (Å²) in [6.07, 6.45) is 6.56. The van der Waals surface area contributed by atoms with Gasteiger partial charge < -0.3 is 5.32 Å². The summed E-state index contributed by atoms with van der Waals surface area (Å²) < 4.78 is 1.88. The van der Waals surface area contributed by atoms with Gasteiger partial charge in [-0.2, -0.15) is 5.10 Å². The summed E-state index contributed by atoms with van der Waals surface area (Å²) in [6.45, 7) is 2.81. The molecule has 2 aromatic carbocycles. The Hall–Kier alpha value is -2.88. The molecule has 27 heavy (non-hydrogen) atoms. The Kier molecular flexibility index (Phi) is 6.80. The summed E-state index contributed by atoms with van der Waals surface area (Å²) in [6, 6.07) is 20.4. The van der Waals surface area contributed by atoms with Crippen LogP contribution in [0, 0.1) is 0 Å². The molecule has 4 nitrogen and oxygen atoms in total. The lowest BCUT2D eigenvalue weighted by molar-refractivity contribution is 0.0952. The number of aryl methyl sites for hydroxylation is 1. The average Bonchev–Trinajstić information content (AvgIpc) is 3.13. The summed E-state index contributed by atoms with van der Waals surface area (Å²) in [5, 5.41) is 7.52. The first-order valence-electron chi connectivity index (χ1n) is 9.74. The number of carbonyl (C=O) groups excluding carboxylic acids is 1. The number of amides is 1. The van der Waals surface area contributed by atoms with Gasteiger partial charge in [-0.05, 0) is 43.4 Å². The number of rotatable bonds is 9. The van der Waals surface area contributed by atoms with Crippen molar-refractivity contribution in [2.24, 2.45) is 0 Å².